The molecule has 0 aromatic carbocycles. The van der Waals surface area contributed by atoms with Gasteiger partial charge in [-0.15, -0.1) is 0 Å². The molecule has 1 atom stereocenters. The van der Waals surface area contributed by atoms with Crippen LogP contribution in [0.4, 0.5) is 5.82 Å². The van der Waals surface area contributed by atoms with Crippen LogP contribution in [0.5, 0.6) is 0 Å². The average Bonchev–Trinajstić information content (AvgIpc) is 3.59. The number of rotatable bonds is 4. The first-order valence-electron chi connectivity index (χ1n) is 11.9. The van der Waals surface area contributed by atoms with Crippen molar-refractivity contribution in [2.75, 3.05) is 11.4 Å². The zero-order valence-electron chi connectivity index (χ0n) is 18.7. The van der Waals surface area contributed by atoms with Gasteiger partial charge in [-0.1, -0.05) is 30.9 Å². The first kappa shape index (κ1) is 21.2. The van der Waals surface area contributed by atoms with Gasteiger partial charge in [0.2, 0.25) is 0 Å². The number of nitriles is 1. The van der Waals surface area contributed by atoms with E-state index in [0.29, 0.717) is 45.4 Å². The molecule has 1 N–H and O–H groups in total. The summed E-state index contributed by atoms with van der Waals surface area (Å²) in [6, 6.07) is 3.83. The van der Waals surface area contributed by atoms with Crippen molar-refractivity contribution >= 4 is 34.0 Å². The molecule has 2 aliphatic rings. The molecule has 4 aromatic heterocycles. The number of H-pyrrole nitrogens is 1. The molecule has 1 aliphatic carbocycles. The lowest BCUT2D eigenvalue weighted by molar-refractivity contribution is 0.307. The Kier molecular flexibility index (Phi) is 5.26. The van der Waals surface area contributed by atoms with Gasteiger partial charge in [-0.3, -0.25) is 9.36 Å². The molecular formula is C24H25ClN8O. The Morgan fingerprint density at radius 3 is 2.85 bits per heavy atom. The monoisotopic (exact) mass is 476 g/mol. The summed E-state index contributed by atoms with van der Waals surface area (Å²) in [5, 5.41) is 15.7. The van der Waals surface area contributed by atoms with Crippen molar-refractivity contribution in [2.24, 2.45) is 5.92 Å². The third-order valence-electron chi connectivity index (χ3n) is 7.31. The molecule has 174 valence electrons. The fourth-order valence-electron chi connectivity index (χ4n) is 5.67. The van der Waals surface area contributed by atoms with Crippen molar-refractivity contribution < 1.29 is 0 Å². The molecule has 1 saturated heterocycles. The van der Waals surface area contributed by atoms with Crippen molar-refractivity contribution in [2.45, 2.75) is 57.5 Å². The van der Waals surface area contributed by atoms with Crippen molar-refractivity contribution in [3.63, 3.8) is 0 Å². The standard InChI is InChI=1S/C24H25ClN8O/c25-17-8-10-33-20(17)24(34)32(13-15-5-2-1-3-6-15)22(30-33)18-7-4-9-31(18)23-19-16(11-26)12-27-21(19)28-14-29-23/h8,10,12,14-15,18H,1-7,9,13H2,(H,27,28,29)/t18-/m0/s1. The second-order valence-corrected chi connectivity index (χ2v) is 9.73. The predicted molar refractivity (Wildman–Crippen MR) is 129 cm³/mol. The molecule has 0 unspecified atom stereocenters. The summed E-state index contributed by atoms with van der Waals surface area (Å²) < 4.78 is 3.47. The van der Waals surface area contributed by atoms with E-state index < -0.39 is 0 Å². The molecule has 0 spiro atoms. The molecule has 1 aliphatic heterocycles. The van der Waals surface area contributed by atoms with Crippen LogP contribution in [-0.4, -0.2) is 35.7 Å². The predicted octanol–water partition coefficient (Wildman–Crippen LogP) is 4.21. The van der Waals surface area contributed by atoms with E-state index in [1.807, 2.05) is 4.57 Å². The summed E-state index contributed by atoms with van der Waals surface area (Å²) >= 11 is 6.38. The molecule has 2 fully saturated rings. The van der Waals surface area contributed by atoms with Crippen molar-refractivity contribution in [3.05, 3.63) is 51.6 Å². The van der Waals surface area contributed by atoms with Crippen LogP contribution in [0, 0.1) is 17.2 Å². The summed E-state index contributed by atoms with van der Waals surface area (Å²) in [5.74, 6) is 1.89. The van der Waals surface area contributed by atoms with E-state index in [0.717, 1.165) is 38.1 Å². The Morgan fingerprint density at radius 2 is 2.03 bits per heavy atom. The molecule has 4 aromatic rings. The van der Waals surface area contributed by atoms with Gasteiger partial charge in [-0.05, 0) is 37.7 Å². The zero-order valence-corrected chi connectivity index (χ0v) is 19.5. The molecule has 0 radical (unpaired) electrons. The molecule has 10 heteroatoms. The molecule has 34 heavy (non-hydrogen) atoms. The molecule has 0 amide bonds. The Hall–Kier alpha value is -3.38. The smallest absolute Gasteiger partial charge is 0.279 e. The summed E-state index contributed by atoms with van der Waals surface area (Å²) in [5.41, 5.74) is 1.47. The van der Waals surface area contributed by atoms with E-state index in [-0.39, 0.29) is 11.6 Å². The number of nitrogens with one attached hydrogen (secondary N) is 1. The van der Waals surface area contributed by atoms with Crippen LogP contribution in [0.2, 0.25) is 5.02 Å². The van der Waals surface area contributed by atoms with Gasteiger partial charge >= 0.3 is 0 Å². The topological polar surface area (TPSA) is 108 Å². The number of nitrogens with zero attached hydrogens (tertiary/aromatic N) is 7. The van der Waals surface area contributed by atoms with Crippen molar-refractivity contribution in [3.8, 4) is 6.07 Å². The van der Waals surface area contributed by atoms with Gasteiger partial charge in [0.15, 0.2) is 5.82 Å². The van der Waals surface area contributed by atoms with Crippen molar-refractivity contribution in [1.29, 1.82) is 5.26 Å². The van der Waals surface area contributed by atoms with Crippen LogP contribution in [0.15, 0.2) is 29.6 Å². The van der Waals surface area contributed by atoms with Gasteiger partial charge in [-0.25, -0.2) is 14.5 Å². The lowest BCUT2D eigenvalue weighted by atomic mass is 9.89. The zero-order chi connectivity index (χ0) is 23.2. The maximum atomic E-state index is 13.7. The quantitative estimate of drug-likeness (QED) is 0.472. The third-order valence-corrected chi connectivity index (χ3v) is 7.62. The van der Waals surface area contributed by atoms with E-state index in [1.165, 1.54) is 25.6 Å². The first-order valence-corrected chi connectivity index (χ1v) is 12.3. The maximum absolute atomic E-state index is 13.7. The number of hydrogen-bond donors (Lipinski definition) is 1. The molecular weight excluding hydrogens is 452 g/mol. The highest BCUT2D eigenvalue weighted by atomic mass is 35.5. The highest BCUT2D eigenvalue weighted by Gasteiger charge is 2.34. The lowest BCUT2D eigenvalue weighted by Crippen LogP contribution is -2.36. The highest BCUT2D eigenvalue weighted by Crippen LogP contribution is 2.38. The molecule has 9 nitrogen and oxygen atoms in total. The minimum Gasteiger partial charge on any atom is -0.346 e. The van der Waals surface area contributed by atoms with E-state index in [1.54, 1.807) is 23.0 Å². The Balaban J connectivity index is 1.50. The van der Waals surface area contributed by atoms with Gasteiger partial charge in [0.25, 0.3) is 5.56 Å². The van der Waals surface area contributed by atoms with Crippen LogP contribution in [0.25, 0.3) is 16.6 Å². The Labute approximate surface area is 201 Å². The van der Waals surface area contributed by atoms with Crippen LogP contribution in [0.1, 0.15) is 62.4 Å². The van der Waals surface area contributed by atoms with Crippen molar-refractivity contribution in [1.82, 2.24) is 29.1 Å². The Bertz CT molecular complexity index is 1470. The molecule has 1 saturated carbocycles. The summed E-state index contributed by atoms with van der Waals surface area (Å²) in [7, 11) is 0. The van der Waals surface area contributed by atoms with E-state index in [4.69, 9.17) is 16.7 Å². The van der Waals surface area contributed by atoms with Crippen LogP contribution >= 0.6 is 11.6 Å². The largest absolute Gasteiger partial charge is 0.346 e. The number of aromatic nitrogens is 6. The lowest BCUT2D eigenvalue weighted by Gasteiger charge is -2.29. The van der Waals surface area contributed by atoms with E-state index in [2.05, 4.69) is 25.9 Å². The number of aromatic amines is 1. The third kappa shape index (κ3) is 3.36. The van der Waals surface area contributed by atoms with Crippen LogP contribution < -0.4 is 10.5 Å². The summed E-state index contributed by atoms with van der Waals surface area (Å²) in [6.07, 6.45) is 12.6. The maximum Gasteiger partial charge on any atom is 0.279 e. The fourth-order valence-corrected chi connectivity index (χ4v) is 5.89. The second-order valence-electron chi connectivity index (χ2n) is 9.32. The van der Waals surface area contributed by atoms with E-state index >= 15 is 0 Å². The highest BCUT2D eigenvalue weighted by molar-refractivity contribution is 6.33. The van der Waals surface area contributed by atoms with E-state index in [9.17, 15) is 10.1 Å². The first-order chi connectivity index (χ1) is 16.7. The fraction of sp³-hybridized carbons (Fsp3) is 0.458. The number of hydrogen-bond acceptors (Lipinski definition) is 6. The minimum atomic E-state index is -0.138. The molecule has 0 bridgehead atoms. The van der Waals surface area contributed by atoms with Crippen LogP contribution in [0.3, 0.4) is 0 Å². The number of fused-ring (bicyclic) bond motifs is 2. The van der Waals surface area contributed by atoms with Gasteiger partial charge in [0.1, 0.15) is 29.4 Å². The van der Waals surface area contributed by atoms with Crippen LogP contribution in [-0.2, 0) is 6.54 Å². The average molecular weight is 477 g/mol. The van der Waals surface area contributed by atoms with Gasteiger partial charge < -0.3 is 9.88 Å². The number of halogens is 1. The molecule has 6 rings (SSSR count). The SMILES string of the molecule is N#Cc1c[nH]c2ncnc(N3CCC[C@H]3c3nn4ccc(Cl)c4c(=O)n3CC3CCCCC3)c12. The minimum absolute atomic E-state index is 0.0929. The Morgan fingerprint density at radius 1 is 1.18 bits per heavy atom. The molecule has 5 heterocycles. The van der Waals surface area contributed by atoms with Gasteiger partial charge in [-0.2, -0.15) is 10.4 Å². The normalized spacial score (nSPS) is 19.3. The summed E-state index contributed by atoms with van der Waals surface area (Å²) in [4.78, 5) is 27.8. The van der Waals surface area contributed by atoms with Gasteiger partial charge in [0.05, 0.1) is 22.0 Å². The summed E-state index contributed by atoms with van der Waals surface area (Å²) in [6.45, 7) is 1.41. The second kappa shape index (κ2) is 8.44. The van der Waals surface area contributed by atoms with Gasteiger partial charge in [0, 0.05) is 25.5 Å². The number of anilines is 1.